The molecular formula is C41H68BN13O12. The fourth-order valence-corrected chi connectivity index (χ4v) is 7.61. The maximum atomic E-state index is 13.5. The van der Waals surface area contributed by atoms with E-state index >= 15 is 0 Å². The average Bonchev–Trinajstić information content (AvgIpc) is 3.77. The molecule has 372 valence electrons. The Balaban J connectivity index is 1.49. The van der Waals surface area contributed by atoms with Gasteiger partial charge in [0.25, 0.3) is 5.91 Å². The van der Waals surface area contributed by atoms with Crippen LogP contribution in [-0.2, 0) is 40.1 Å². The van der Waals surface area contributed by atoms with Crippen molar-refractivity contribution < 1.29 is 58.6 Å². The molecule has 0 aliphatic carbocycles. The number of hydrogen-bond donors (Lipinski definition) is 11. The largest absolute Gasteiger partial charge is 0.480 e. The van der Waals surface area contributed by atoms with Crippen molar-refractivity contribution in [1.29, 1.82) is 0 Å². The van der Waals surface area contributed by atoms with Crippen molar-refractivity contribution in [3.05, 3.63) is 35.4 Å². The molecule has 0 aromatic heterocycles. The van der Waals surface area contributed by atoms with Gasteiger partial charge in [-0.1, -0.05) is 12.1 Å². The van der Waals surface area contributed by atoms with Crippen LogP contribution in [0.25, 0.3) is 0 Å². The lowest BCUT2D eigenvalue weighted by Crippen LogP contribution is -2.52. The van der Waals surface area contributed by atoms with Crippen molar-refractivity contribution in [1.82, 2.24) is 45.8 Å². The smallest absolute Gasteiger partial charge is 0.475 e. The van der Waals surface area contributed by atoms with Gasteiger partial charge in [-0.25, -0.2) is 0 Å². The van der Waals surface area contributed by atoms with Crippen LogP contribution in [0.1, 0.15) is 60.9 Å². The van der Waals surface area contributed by atoms with Crippen molar-refractivity contribution >= 4 is 60.5 Å². The third-order valence-corrected chi connectivity index (χ3v) is 11.2. The van der Waals surface area contributed by atoms with E-state index in [1.54, 1.807) is 43.9 Å². The molecule has 26 heteroatoms. The van der Waals surface area contributed by atoms with Gasteiger partial charge in [-0.3, -0.25) is 62.9 Å². The summed E-state index contributed by atoms with van der Waals surface area (Å²) in [6.07, 6.45) is 2.72. The Morgan fingerprint density at radius 1 is 0.701 bits per heavy atom. The number of amides is 6. The van der Waals surface area contributed by atoms with E-state index in [2.05, 4.69) is 26.3 Å². The number of primary amides is 1. The topological polar surface area (TPSA) is 372 Å². The second kappa shape index (κ2) is 29.7. The van der Waals surface area contributed by atoms with Gasteiger partial charge < -0.3 is 63.6 Å². The molecule has 0 spiro atoms. The third kappa shape index (κ3) is 22.4. The normalized spacial score (nSPS) is 17.2. The monoisotopic (exact) mass is 946 g/mol. The summed E-state index contributed by atoms with van der Waals surface area (Å²) in [6, 6.07) is 5.51. The molecule has 6 amide bonds. The van der Waals surface area contributed by atoms with Crippen molar-refractivity contribution in [3.8, 4) is 0 Å². The minimum Gasteiger partial charge on any atom is -0.480 e. The van der Waals surface area contributed by atoms with Crippen LogP contribution in [0, 0.1) is 0 Å². The highest BCUT2D eigenvalue weighted by Gasteiger charge is 2.36. The van der Waals surface area contributed by atoms with Gasteiger partial charge in [0.2, 0.25) is 29.5 Å². The van der Waals surface area contributed by atoms with Gasteiger partial charge in [0.05, 0.1) is 38.7 Å². The molecule has 1 aromatic carbocycles. The molecule has 2 saturated heterocycles. The number of carbonyl (C=O) groups is 8. The Morgan fingerprint density at radius 2 is 1.27 bits per heavy atom. The quantitative estimate of drug-likeness (QED) is 0.0189. The molecule has 67 heavy (non-hydrogen) atoms. The molecule has 2 aliphatic heterocycles. The number of hydrogen-bond acceptors (Lipinski definition) is 15. The van der Waals surface area contributed by atoms with Crippen LogP contribution >= 0.6 is 0 Å². The molecular weight excluding hydrogens is 877 g/mol. The van der Waals surface area contributed by atoms with Gasteiger partial charge in [0, 0.05) is 90.5 Å². The summed E-state index contributed by atoms with van der Waals surface area (Å²) >= 11 is 0. The molecule has 2 fully saturated rings. The van der Waals surface area contributed by atoms with Gasteiger partial charge in [-0.15, -0.1) is 0 Å². The number of guanidine groups is 1. The molecule has 2 atom stereocenters. The second-order valence-electron chi connectivity index (χ2n) is 16.5. The number of aliphatic imine (C=N–C) groups is 1. The van der Waals surface area contributed by atoms with Gasteiger partial charge in [-0.05, 0) is 56.2 Å². The van der Waals surface area contributed by atoms with E-state index < -0.39 is 60.6 Å². The molecule has 1 aromatic rings. The number of benzene rings is 1. The average molecular weight is 946 g/mol. The molecule has 25 nitrogen and oxygen atoms in total. The fourth-order valence-electron chi connectivity index (χ4n) is 7.61. The Kier molecular flexibility index (Phi) is 24.5. The molecule has 3 rings (SSSR count). The van der Waals surface area contributed by atoms with E-state index in [1.807, 2.05) is 0 Å². The number of rotatable bonds is 25. The standard InChI is InChI=1S/C41H68BN13O12/c43-33(56)25-51-15-19-53(27-37(60)61)21-17-52(18-22-54(20-16-51)28-38(62)63)26-35(58)50-31(5-3-13-47-41(44)45)40(65)46-12-2-1-7-34(57)48-23-29-8-10-30(11-9-29)39(64)49-24-36(59)55-14-4-6-32(55)42(66)67/h8-11,31-32,66-67H,1-7,12-28H2,(H2,43,56)(H,46,65)(H,48,57)(H,49,64)(H,50,58)(H,60,61)(H,62,63)(H4,44,45,47). The highest BCUT2D eigenvalue weighted by atomic mass is 16.4. The lowest BCUT2D eigenvalue weighted by molar-refractivity contribution is -0.139. The predicted octanol–water partition coefficient (Wildman–Crippen LogP) is -5.26. The van der Waals surface area contributed by atoms with Crippen molar-refractivity contribution in [3.63, 3.8) is 0 Å². The van der Waals surface area contributed by atoms with Crippen LogP contribution in [0.15, 0.2) is 29.3 Å². The number of nitrogens with two attached hydrogens (primary N) is 3. The zero-order valence-electron chi connectivity index (χ0n) is 38.0. The van der Waals surface area contributed by atoms with E-state index in [0.29, 0.717) is 57.3 Å². The number of carboxylic acid groups (broad SMARTS) is 2. The predicted molar refractivity (Wildman–Crippen MR) is 244 cm³/mol. The first-order valence-corrected chi connectivity index (χ1v) is 22.4. The highest BCUT2D eigenvalue weighted by molar-refractivity contribution is 6.43. The first-order valence-electron chi connectivity index (χ1n) is 22.4. The highest BCUT2D eigenvalue weighted by Crippen LogP contribution is 2.18. The summed E-state index contributed by atoms with van der Waals surface area (Å²) in [7, 11) is -1.65. The maximum absolute atomic E-state index is 13.5. The molecule has 2 heterocycles. The molecule has 0 bridgehead atoms. The first kappa shape index (κ1) is 55.4. The Labute approximate surface area is 389 Å². The van der Waals surface area contributed by atoms with E-state index in [9.17, 15) is 58.6 Å². The Bertz CT molecular complexity index is 1810. The van der Waals surface area contributed by atoms with Crippen molar-refractivity contribution in [2.45, 2.75) is 63.5 Å². The summed E-state index contributed by atoms with van der Waals surface area (Å²) in [5.41, 5.74) is 17.4. The van der Waals surface area contributed by atoms with E-state index in [0.717, 1.165) is 5.56 Å². The SMILES string of the molecule is NC(=O)CN1CCN(CC(=O)O)CCN(CC(=O)NC(CCCN=C(N)N)C(=O)NCCCCC(=O)NCc2ccc(C(=O)NCC(=O)N3CCCC3B(O)O)cc2)CCN(CC(=O)O)CC1. The number of carboxylic acids is 2. The Hall–Kier alpha value is -5.93. The minimum absolute atomic E-state index is 0.0778. The van der Waals surface area contributed by atoms with Gasteiger partial charge in [0.1, 0.15) is 6.04 Å². The number of carbonyl (C=O) groups excluding carboxylic acids is 6. The molecule has 0 radical (unpaired) electrons. The summed E-state index contributed by atoms with van der Waals surface area (Å²) in [5.74, 6) is -5.56. The number of unbranched alkanes of at least 4 members (excludes halogenated alkanes) is 1. The number of nitrogens with zero attached hydrogens (tertiary/aromatic N) is 6. The van der Waals surface area contributed by atoms with Gasteiger partial charge >= 0.3 is 19.1 Å². The van der Waals surface area contributed by atoms with Crippen LogP contribution in [0.4, 0.5) is 0 Å². The summed E-state index contributed by atoms with van der Waals surface area (Å²) in [5, 5.41) is 49.1. The van der Waals surface area contributed by atoms with Crippen LogP contribution in [0.2, 0.25) is 0 Å². The lowest BCUT2D eigenvalue weighted by atomic mass is 9.78. The molecule has 0 saturated carbocycles. The van der Waals surface area contributed by atoms with Gasteiger partial charge in [-0.2, -0.15) is 0 Å². The molecule has 14 N–H and O–H groups in total. The number of aliphatic carboxylic acids is 2. The summed E-state index contributed by atoms with van der Waals surface area (Å²) in [4.78, 5) is 112. The van der Waals surface area contributed by atoms with Crippen molar-refractivity contribution in [2.75, 3.05) is 105 Å². The summed E-state index contributed by atoms with van der Waals surface area (Å²) < 4.78 is 0. The number of nitrogens with one attached hydrogen (secondary N) is 4. The van der Waals surface area contributed by atoms with E-state index in [1.165, 1.54) is 4.90 Å². The van der Waals surface area contributed by atoms with Crippen LogP contribution in [0.3, 0.4) is 0 Å². The zero-order valence-corrected chi connectivity index (χ0v) is 38.0. The zero-order chi connectivity index (χ0) is 49.3. The summed E-state index contributed by atoms with van der Waals surface area (Å²) in [6.45, 7) is 1.99. The number of likely N-dealkylation sites (tertiary alicyclic amines) is 1. The Morgan fingerprint density at radius 3 is 1.81 bits per heavy atom. The van der Waals surface area contributed by atoms with E-state index in [-0.39, 0.29) is 116 Å². The third-order valence-electron chi connectivity index (χ3n) is 11.2. The van der Waals surface area contributed by atoms with E-state index in [4.69, 9.17) is 17.2 Å². The molecule has 2 unspecified atom stereocenters. The first-order chi connectivity index (χ1) is 31.9. The van der Waals surface area contributed by atoms with Gasteiger partial charge in [0.15, 0.2) is 5.96 Å². The molecule has 2 aliphatic rings. The van der Waals surface area contributed by atoms with Crippen molar-refractivity contribution in [2.24, 2.45) is 22.2 Å². The van der Waals surface area contributed by atoms with Crippen LogP contribution in [0.5, 0.6) is 0 Å². The fraction of sp³-hybridized carbons (Fsp3) is 0.634. The minimum atomic E-state index is -1.65. The second-order valence-corrected chi connectivity index (χ2v) is 16.5. The van der Waals surface area contributed by atoms with Crippen LogP contribution in [-0.4, -0.2) is 222 Å². The maximum Gasteiger partial charge on any atom is 0.475 e. The lowest BCUT2D eigenvalue weighted by Gasteiger charge is -2.33. The van der Waals surface area contributed by atoms with Crippen LogP contribution < -0.4 is 38.5 Å².